The Balaban J connectivity index is 1.88. The Bertz CT molecular complexity index is 695. The summed E-state index contributed by atoms with van der Waals surface area (Å²) < 4.78 is 4.90. The molecule has 0 aliphatic carbocycles. The van der Waals surface area contributed by atoms with Crippen LogP contribution in [0.5, 0.6) is 0 Å². The first-order chi connectivity index (χ1) is 11.6. The number of halogens is 2. The van der Waals surface area contributed by atoms with Gasteiger partial charge in [0.25, 0.3) is 5.91 Å². The Morgan fingerprint density at radius 1 is 1.21 bits per heavy atom. The van der Waals surface area contributed by atoms with Crippen LogP contribution in [0, 0.1) is 0 Å². The second-order valence-corrected chi connectivity index (χ2v) is 5.97. The highest BCUT2D eigenvalue weighted by molar-refractivity contribution is 6.35. The third kappa shape index (κ3) is 5.67. The van der Waals surface area contributed by atoms with Crippen LogP contribution in [0.3, 0.4) is 0 Å². The molecular weight excluding hydrogens is 349 g/mol. The van der Waals surface area contributed by atoms with E-state index in [1.54, 1.807) is 25.4 Å². The highest BCUT2D eigenvalue weighted by Gasteiger charge is 2.07. The van der Waals surface area contributed by atoms with Crippen LogP contribution in [-0.2, 0) is 11.2 Å². The van der Waals surface area contributed by atoms with Crippen LogP contribution in [0.1, 0.15) is 15.9 Å². The molecule has 0 radical (unpaired) electrons. The molecule has 2 N–H and O–H groups in total. The van der Waals surface area contributed by atoms with E-state index in [0.717, 1.165) is 17.7 Å². The van der Waals surface area contributed by atoms with E-state index in [9.17, 15) is 4.79 Å². The van der Waals surface area contributed by atoms with Gasteiger partial charge in [-0.3, -0.25) is 9.78 Å². The molecule has 0 saturated heterocycles. The van der Waals surface area contributed by atoms with E-state index in [4.69, 9.17) is 27.9 Å². The number of hydrogen-bond donors (Lipinski definition) is 2. The number of hydrogen-bond acceptors (Lipinski definition) is 4. The van der Waals surface area contributed by atoms with Crippen molar-refractivity contribution in [2.75, 3.05) is 32.1 Å². The molecule has 0 atom stereocenters. The Morgan fingerprint density at radius 3 is 2.79 bits per heavy atom. The summed E-state index contributed by atoms with van der Waals surface area (Å²) in [6, 6.07) is 7.21. The first-order valence-corrected chi connectivity index (χ1v) is 8.25. The largest absolute Gasteiger partial charge is 0.383 e. The van der Waals surface area contributed by atoms with Gasteiger partial charge in [0.05, 0.1) is 17.9 Å². The van der Waals surface area contributed by atoms with Crippen LogP contribution in [0.25, 0.3) is 0 Å². The van der Waals surface area contributed by atoms with Gasteiger partial charge in [-0.15, -0.1) is 0 Å². The summed E-state index contributed by atoms with van der Waals surface area (Å²) in [4.78, 5) is 16.1. The fourth-order valence-corrected chi connectivity index (χ4v) is 2.60. The number of ether oxygens (including phenoxy) is 1. The molecule has 0 fully saturated rings. The number of nitrogens with zero attached hydrogens (tertiary/aromatic N) is 1. The maximum absolute atomic E-state index is 12.0. The number of carbonyl (C=O) groups is 1. The molecule has 1 heterocycles. The van der Waals surface area contributed by atoms with Gasteiger partial charge < -0.3 is 15.4 Å². The Labute approximate surface area is 151 Å². The topological polar surface area (TPSA) is 63.2 Å². The van der Waals surface area contributed by atoms with E-state index < -0.39 is 0 Å². The zero-order valence-corrected chi connectivity index (χ0v) is 14.8. The summed E-state index contributed by atoms with van der Waals surface area (Å²) in [7, 11) is 1.59. The number of anilines is 1. The quantitative estimate of drug-likeness (QED) is 0.701. The first-order valence-electron chi connectivity index (χ1n) is 7.50. The van der Waals surface area contributed by atoms with Crippen molar-refractivity contribution < 1.29 is 9.53 Å². The normalized spacial score (nSPS) is 10.5. The van der Waals surface area contributed by atoms with Crippen molar-refractivity contribution >= 4 is 34.8 Å². The average molecular weight is 368 g/mol. The maximum atomic E-state index is 12.0. The van der Waals surface area contributed by atoms with Crippen molar-refractivity contribution in [3.63, 3.8) is 0 Å². The number of amides is 1. The fourth-order valence-electron chi connectivity index (χ4n) is 2.10. The standard InChI is InChI=1S/C17H19Cl2N3O2/c1-24-7-6-22-17(23)13-8-15(11-20-10-13)21-5-4-12-2-3-14(18)9-16(12)19/h2-3,8-11,21H,4-7H2,1H3,(H,22,23). The van der Waals surface area contributed by atoms with Gasteiger partial charge in [-0.2, -0.15) is 0 Å². The number of methoxy groups -OCH3 is 1. The van der Waals surface area contributed by atoms with Crippen LogP contribution in [0.2, 0.25) is 10.0 Å². The lowest BCUT2D eigenvalue weighted by atomic mass is 10.1. The monoisotopic (exact) mass is 367 g/mol. The lowest BCUT2D eigenvalue weighted by molar-refractivity contribution is 0.0937. The van der Waals surface area contributed by atoms with Crippen LogP contribution in [-0.4, -0.2) is 37.7 Å². The van der Waals surface area contributed by atoms with Crippen molar-refractivity contribution in [2.45, 2.75) is 6.42 Å². The van der Waals surface area contributed by atoms with E-state index in [2.05, 4.69) is 15.6 Å². The van der Waals surface area contributed by atoms with Gasteiger partial charge in [-0.25, -0.2) is 0 Å². The zero-order valence-electron chi connectivity index (χ0n) is 13.3. The van der Waals surface area contributed by atoms with Crippen molar-refractivity contribution in [1.29, 1.82) is 0 Å². The van der Waals surface area contributed by atoms with Gasteiger partial charge in [0, 0.05) is 42.6 Å². The summed E-state index contributed by atoms with van der Waals surface area (Å²) >= 11 is 12.0. The lowest BCUT2D eigenvalue weighted by Crippen LogP contribution is -2.27. The SMILES string of the molecule is COCCNC(=O)c1cncc(NCCc2ccc(Cl)cc2Cl)c1. The fraction of sp³-hybridized carbons (Fsp3) is 0.294. The van der Waals surface area contributed by atoms with Crippen LogP contribution in [0.15, 0.2) is 36.7 Å². The van der Waals surface area contributed by atoms with Crippen LogP contribution in [0.4, 0.5) is 5.69 Å². The number of nitrogens with one attached hydrogen (secondary N) is 2. The molecule has 1 aromatic heterocycles. The summed E-state index contributed by atoms with van der Waals surface area (Å²) in [6.07, 6.45) is 3.94. The molecule has 24 heavy (non-hydrogen) atoms. The molecule has 2 rings (SSSR count). The minimum absolute atomic E-state index is 0.177. The molecule has 7 heteroatoms. The molecule has 0 aliphatic heterocycles. The van der Waals surface area contributed by atoms with E-state index in [1.807, 2.05) is 12.1 Å². The minimum Gasteiger partial charge on any atom is -0.383 e. The Morgan fingerprint density at radius 2 is 2.04 bits per heavy atom. The van der Waals surface area contributed by atoms with Crippen molar-refractivity contribution in [3.05, 3.63) is 57.8 Å². The molecule has 0 aliphatic rings. The van der Waals surface area contributed by atoms with E-state index in [-0.39, 0.29) is 5.91 Å². The summed E-state index contributed by atoms with van der Waals surface area (Å²) in [5.74, 6) is -0.177. The molecule has 0 saturated carbocycles. The third-order valence-corrected chi connectivity index (χ3v) is 3.92. The number of benzene rings is 1. The van der Waals surface area contributed by atoms with Gasteiger partial charge in [0.1, 0.15) is 0 Å². The predicted molar refractivity (Wildman–Crippen MR) is 97.1 cm³/mol. The Hall–Kier alpha value is -1.82. The Kier molecular flexibility index (Phi) is 7.31. The van der Waals surface area contributed by atoms with Gasteiger partial charge in [0.2, 0.25) is 0 Å². The molecule has 0 unspecified atom stereocenters. The van der Waals surface area contributed by atoms with Gasteiger partial charge in [0.15, 0.2) is 0 Å². The minimum atomic E-state index is -0.177. The number of pyridine rings is 1. The first kappa shape index (κ1) is 18.5. The smallest absolute Gasteiger partial charge is 0.253 e. The molecule has 2 aromatic rings. The third-order valence-electron chi connectivity index (χ3n) is 3.33. The maximum Gasteiger partial charge on any atom is 0.253 e. The van der Waals surface area contributed by atoms with Crippen molar-refractivity contribution in [2.24, 2.45) is 0 Å². The van der Waals surface area contributed by atoms with Crippen molar-refractivity contribution in [1.82, 2.24) is 10.3 Å². The van der Waals surface area contributed by atoms with Gasteiger partial charge in [-0.1, -0.05) is 29.3 Å². The van der Waals surface area contributed by atoms with Crippen molar-refractivity contribution in [3.8, 4) is 0 Å². The molecule has 1 amide bonds. The lowest BCUT2D eigenvalue weighted by Gasteiger charge is -2.09. The average Bonchev–Trinajstić information content (AvgIpc) is 2.57. The number of carbonyl (C=O) groups excluding carboxylic acids is 1. The van der Waals surface area contributed by atoms with Gasteiger partial charge >= 0.3 is 0 Å². The zero-order chi connectivity index (χ0) is 17.4. The van der Waals surface area contributed by atoms with Crippen LogP contribution < -0.4 is 10.6 Å². The molecule has 5 nitrogen and oxygen atoms in total. The summed E-state index contributed by atoms with van der Waals surface area (Å²) in [5.41, 5.74) is 2.29. The summed E-state index contributed by atoms with van der Waals surface area (Å²) in [6.45, 7) is 1.60. The summed E-state index contributed by atoms with van der Waals surface area (Å²) in [5, 5.41) is 7.26. The second kappa shape index (κ2) is 9.47. The molecule has 1 aromatic carbocycles. The molecule has 0 bridgehead atoms. The molecule has 128 valence electrons. The molecule has 0 spiro atoms. The van der Waals surface area contributed by atoms with E-state index in [1.165, 1.54) is 6.20 Å². The number of aromatic nitrogens is 1. The molecular formula is C17H19Cl2N3O2. The highest BCUT2D eigenvalue weighted by atomic mass is 35.5. The predicted octanol–water partition coefficient (Wildman–Crippen LogP) is 3.42. The van der Waals surface area contributed by atoms with Gasteiger partial charge in [-0.05, 0) is 30.2 Å². The van der Waals surface area contributed by atoms with E-state index >= 15 is 0 Å². The van der Waals surface area contributed by atoms with Crippen LogP contribution >= 0.6 is 23.2 Å². The highest BCUT2D eigenvalue weighted by Crippen LogP contribution is 2.21. The van der Waals surface area contributed by atoms with E-state index in [0.29, 0.717) is 35.3 Å². The second-order valence-electron chi connectivity index (χ2n) is 5.12. The number of rotatable bonds is 8.